The number of nitrogens with zero attached hydrogens (tertiary/aromatic N) is 3. The third kappa shape index (κ3) is 4.84. The number of nitrogens with one attached hydrogen (secondary N) is 2. The second-order valence-electron chi connectivity index (χ2n) is 6.00. The van der Waals surface area contributed by atoms with E-state index in [9.17, 15) is 18.0 Å². The lowest BCUT2D eigenvalue weighted by atomic mass is 10.1. The van der Waals surface area contributed by atoms with Gasteiger partial charge >= 0.3 is 6.18 Å². The number of halogens is 3. The Labute approximate surface area is 167 Å². The van der Waals surface area contributed by atoms with E-state index in [1.807, 2.05) is 0 Å². The number of aromatic nitrogens is 4. The Bertz CT molecular complexity index is 1020. The molecule has 0 saturated carbocycles. The summed E-state index contributed by atoms with van der Waals surface area (Å²) in [5, 5.41) is 11.8. The minimum Gasteiger partial charge on any atom is -0.355 e. The van der Waals surface area contributed by atoms with Crippen LogP contribution >= 0.6 is 23.6 Å². The van der Waals surface area contributed by atoms with Crippen molar-refractivity contribution in [2.45, 2.75) is 19.0 Å². The lowest BCUT2D eigenvalue weighted by molar-refractivity contribution is -0.137. The molecule has 0 radical (unpaired) electrons. The van der Waals surface area contributed by atoms with E-state index in [1.54, 1.807) is 17.0 Å². The van der Waals surface area contributed by atoms with E-state index in [1.165, 1.54) is 23.5 Å². The number of benzene rings is 1. The average Bonchev–Trinajstić information content (AvgIpc) is 3.23. The maximum atomic E-state index is 12.6. The minimum atomic E-state index is -4.37. The molecule has 28 heavy (non-hydrogen) atoms. The Morgan fingerprint density at radius 3 is 2.64 bits per heavy atom. The van der Waals surface area contributed by atoms with Crippen LogP contribution in [0, 0.1) is 4.77 Å². The molecule has 2 heterocycles. The van der Waals surface area contributed by atoms with E-state index < -0.39 is 11.7 Å². The van der Waals surface area contributed by atoms with Crippen molar-refractivity contribution in [2.75, 3.05) is 6.54 Å². The quantitative estimate of drug-likeness (QED) is 0.591. The molecule has 148 valence electrons. The molecule has 3 rings (SSSR count). The maximum absolute atomic E-state index is 12.6. The predicted octanol–water partition coefficient (Wildman–Crippen LogP) is 3.52. The van der Waals surface area contributed by atoms with Crippen molar-refractivity contribution in [2.24, 2.45) is 7.05 Å². The molecular formula is C17H16F3N5OS2. The molecule has 2 N–H and O–H groups in total. The molecule has 3 aromatic rings. The van der Waals surface area contributed by atoms with Gasteiger partial charge in [0.05, 0.1) is 17.7 Å². The lowest BCUT2D eigenvalue weighted by Gasteiger charge is -2.06. The number of H-pyrrole nitrogens is 1. The van der Waals surface area contributed by atoms with E-state index in [0.29, 0.717) is 34.0 Å². The molecule has 0 aliphatic carbocycles. The van der Waals surface area contributed by atoms with Crippen LogP contribution in [0.25, 0.3) is 10.6 Å². The molecule has 1 aromatic carbocycles. The van der Waals surface area contributed by atoms with Gasteiger partial charge < -0.3 is 9.88 Å². The van der Waals surface area contributed by atoms with Crippen LogP contribution in [0.2, 0.25) is 0 Å². The molecule has 0 spiro atoms. The van der Waals surface area contributed by atoms with Crippen molar-refractivity contribution < 1.29 is 18.0 Å². The van der Waals surface area contributed by atoms with Crippen molar-refractivity contribution in [3.05, 3.63) is 51.5 Å². The van der Waals surface area contributed by atoms with E-state index in [0.717, 1.165) is 18.0 Å². The average molecular weight is 427 g/mol. The molecule has 0 saturated heterocycles. The standard InChI is InChI=1S/C17H16F3N5OS2/c1-25-13(23-24-16(25)27)6-7-21-14(26)8-12-9-28-15(22-12)10-2-4-11(5-3-10)17(18,19)20/h2-5,9H,6-8H2,1H3,(H,21,26)(H,24,27). The molecule has 6 nitrogen and oxygen atoms in total. The molecule has 0 atom stereocenters. The van der Waals surface area contributed by atoms with Crippen LogP contribution in [0.15, 0.2) is 29.6 Å². The highest BCUT2D eigenvalue weighted by Gasteiger charge is 2.30. The molecule has 1 amide bonds. The Balaban J connectivity index is 1.54. The number of amides is 1. The molecule has 0 aliphatic heterocycles. The second-order valence-corrected chi connectivity index (χ2v) is 7.24. The van der Waals surface area contributed by atoms with E-state index in [2.05, 4.69) is 20.5 Å². The van der Waals surface area contributed by atoms with Gasteiger partial charge in [-0.15, -0.1) is 11.3 Å². The number of hydrogen-bond acceptors (Lipinski definition) is 5. The van der Waals surface area contributed by atoms with Gasteiger partial charge in [-0.1, -0.05) is 12.1 Å². The fraction of sp³-hybridized carbons (Fsp3) is 0.294. The van der Waals surface area contributed by atoms with Crippen LogP contribution in [0.3, 0.4) is 0 Å². The molecule has 0 unspecified atom stereocenters. The van der Waals surface area contributed by atoms with Crippen LogP contribution in [0.4, 0.5) is 13.2 Å². The van der Waals surface area contributed by atoms with Crippen molar-refractivity contribution in [1.29, 1.82) is 0 Å². The Morgan fingerprint density at radius 2 is 2.04 bits per heavy atom. The number of carbonyl (C=O) groups excluding carboxylic acids is 1. The first-order valence-corrected chi connectivity index (χ1v) is 9.52. The molecule has 11 heteroatoms. The lowest BCUT2D eigenvalue weighted by Crippen LogP contribution is -2.27. The highest BCUT2D eigenvalue weighted by Crippen LogP contribution is 2.31. The molecule has 2 aromatic heterocycles. The van der Waals surface area contributed by atoms with Crippen LogP contribution < -0.4 is 5.32 Å². The molecule has 0 bridgehead atoms. The summed E-state index contributed by atoms with van der Waals surface area (Å²) in [5.41, 5.74) is 0.437. The first kappa shape index (κ1) is 20.2. The SMILES string of the molecule is Cn1c(CCNC(=O)Cc2csc(-c3ccc(C(F)(F)F)cc3)n2)n[nH]c1=S. The van der Waals surface area contributed by atoms with E-state index >= 15 is 0 Å². The maximum Gasteiger partial charge on any atom is 0.416 e. The molecule has 0 aliphatic rings. The zero-order valence-electron chi connectivity index (χ0n) is 14.7. The predicted molar refractivity (Wildman–Crippen MR) is 101 cm³/mol. The minimum absolute atomic E-state index is 0.0934. The van der Waals surface area contributed by atoms with Gasteiger partial charge in [-0.2, -0.15) is 18.3 Å². The van der Waals surface area contributed by atoms with Gasteiger partial charge in [-0.05, 0) is 24.4 Å². The summed E-state index contributed by atoms with van der Waals surface area (Å²) in [7, 11) is 1.79. The van der Waals surface area contributed by atoms with Gasteiger partial charge in [-0.25, -0.2) is 4.98 Å². The van der Waals surface area contributed by atoms with E-state index in [4.69, 9.17) is 12.2 Å². The van der Waals surface area contributed by atoms with Crippen LogP contribution in [0.1, 0.15) is 17.1 Å². The van der Waals surface area contributed by atoms with Crippen molar-refractivity contribution in [3.8, 4) is 10.6 Å². The summed E-state index contributed by atoms with van der Waals surface area (Å²) >= 11 is 6.31. The normalized spacial score (nSPS) is 11.6. The smallest absolute Gasteiger partial charge is 0.355 e. The van der Waals surface area contributed by atoms with Crippen molar-refractivity contribution >= 4 is 29.5 Å². The molecular weight excluding hydrogens is 411 g/mol. The summed E-state index contributed by atoms with van der Waals surface area (Å²) in [6.07, 6.45) is -3.75. The zero-order chi connectivity index (χ0) is 20.3. The third-order valence-electron chi connectivity index (χ3n) is 4.00. The largest absolute Gasteiger partial charge is 0.416 e. The number of hydrogen-bond donors (Lipinski definition) is 2. The fourth-order valence-corrected chi connectivity index (χ4v) is 3.44. The Hall–Kier alpha value is -2.53. The topological polar surface area (TPSA) is 75.6 Å². The fourth-order valence-electron chi connectivity index (χ4n) is 2.47. The van der Waals surface area contributed by atoms with Crippen LogP contribution in [-0.2, 0) is 30.9 Å². The first-order valence-electron chi connectivity index (χ1n) is 8.23. The summed E-state index contributed by atoms with van der Waals surface area (Å²) in [4.78, 5) is 16.4. The van der Waals surface area contributed by atoms with Gasteiger partial charge in [0, 0.05) is 31.0 Å². The Morgan fingerprint density at radius 1 is 1.32 bits per heavy atom. The summed E-state index contributed by atoms with van der Waals surface area (Å²) in [5.74, 6) is 0.546. The number of alkyl halides is 3. The van der Waals surface area contributed by atoms with Crippen LogP contribution in [-0.4, -0.2) is 32.2 Å². The number of aromatic amines is 1. The first-order chi connectivity index (χ1) is 13.2. The van der Waals surface area contributed by atoms with Gasteiger partial charge in [0.1, 0.15) is 10.8 Å². The highest BCUT2D eigenvalue weighted by atomic mass is 32.1. The second kappa shape index (κ2) is 8.23. The summed E-state index contributed by atoms with van der Waals surface area (Å²) in [6.45, 7) is 0.405. The van der Waals surface area contributed by atoms with Crippen LogP contribution in [0.5, 0.6) is 0 Å². The highest BCUT2D eigenvalue weighted by molar-refractivity contribution is 7.71. The molecule has 0 fully saturated rings. The number of carbonyl (C=O) groups is 1. The van der Waals surface area contributed by atoms with Crippen molar-refractivity contribution in [1.82, 2.24) is 25.1 Å². The van der Waals surface area contributed by atoms with Gasteiger partial charge in [0.15, 0.2) is 4.77 Å². The Kier molecular flexibility index (Phi) is 5.94. The monoisotopic (exact) mass is 427 g/mol. The number of rotatable bonds is 6. The summed E-state index contributed by atoms with van der Waals surface area (Å²) in [6, 6.07) is 4.80. The van der Waals surface area contributed by atoms with Gasteiger partial charge in [-0.3, -0.25) is 9.89 Å². The van der Waals surface area contributed by atoms with Gasteiger partial charge in [0.2, 0.25) is 5.91 Å². The van der Waals surface area contributed by atoms with Gasteiger partial charge in [0.25, 0.3) is 0 Å². The van der Waals surface area contributed by atoms with Crippen molar-refractivity contribution in [3.63, 3.8) is 0 Å². The summed E-state index contributed by atoms with van der Waals surface area (Å²) < 4.78 is 40.1. The number of thiazole rings is 1. The van der Waals surface area contributed by atoms with E-state index in [-0.39, 0.29) is 12.3 Å². The third-order valence-corrected chi connectivity index (χ3v) is 5.30. The zero-order valence-corrected chi connectivity index (χ0v) is 16.3.